The molecule has 7 amide bonds. The van der Waals surface area contributed by atoms with E-state index in [-0.39, 0.29) is 45.2 Å². The molecule has 296 valence electrons. The van der Waals surface area contributed by atoms with Crippen LogP contribution in [0.4, 0.5) is 0 Å². The minimum Gasteiger partial charge on any atom is -0.394 e. The maximum Gasteiger partial charge on any atom is 0.245 e. The van der Waals surface area contributed by atoms with Crippen molar-refractivity contribution in [3.63, 3.8) is 0 Å². The summed E-state index contributed by atoms with van der Waals surface area (Å²) in [5.41, 5.74) is 11.9. The summed E-state index contributed by atoms with van der Waals surface area (Å²) in [4.78, 5) is 90.2. The number of benzene rings is 1. The number of carbonyl (C=O) groups excluding carboxylic acids is 7. The topological polar surface area (TPSA) is 337 Å². The first-order chi connectivity index (χ1) is 25.2. The molecule has 0 aliphatic carbocycles. The van der Waals surface area contributed by atoms with Gasteiger partial charge in [0.05, 0.1) is 38.0 Å². The maximum absolute atomic E-state index is 13.5. The van der Waals surface area contributed by atoms with Crippen LogP contribution in [-0.2, 0) is 40.0 Å². The van der Waals surface area contributed by atoms with Gasteiger partial charge in [0.2, 0.25) is 41.4 Å². The van der Waals surface area contributed by atoms with Gasteiger partial charge in [-0.25, -0.2) is 0 Å². The number of hydrogen-bond donors (Lipinski definition) is 13. The van der Waals surface area contributed by atoms with Gasteiger partial charge in [-0.1, -0.05) is 30.3 Å². The molecule has 20 nitrogen and oxygen atoms in total. The Morgan fingerprint density at radius 2 is 1.62 bits per heavy atom. The number of hydrogen-bond acceptors (Lipinski definition) is 13. The first-order valence-electron chi connectivity index (χ1n) is 17.3. The summed E-state index contributed by atoms with van der Waals surface area (Å²) in [5.74, 6) is -5.89. The third-order valence-electron chi connectivity index (χ3n) is 8.38. The van der Waals surface area contributed by atoms with Crippen molar-refractivity contribution < 1.29 is 54.0 Å². The van der Waals surface area contributed by atoms with Gasteiger partial charge in [0.1, 0.15) is 30.2 Å². The van der Waals surface area contributed by atoms with Crippen LogP contribution < -0.4 is 48.7 Å². The maximum atomic E-state index is 13.5. The molecule has 0 spiro atoms. The van der Waals surface area contributed by atoms with E-state index >= 15 is 0 Å². The Morgan fingerprint density at radius 1 is 0.925 bits per heavy atom. The molecule has 20 heteroatoms. The highest BCUT2D eigenvalue weighted by atomic mass is 16.3. The number of carbonyl (C=O) groups is 7. The van der Waals surface area contributed by atoms with E-state index in [2.05, 4.69) is 37.2 Å². The quantitative estimate of drug-likeness (QED) is 0.0843. The Balaban J connectivity index is 2.23. The summed E-state index contributed by atoms with van der Waals surface area (Å²) >= 11 is 0. The number of rotatable bonds is 14. The van der Waals surface area contributed by atoms with E-state index in [0.717, 1.165) is 12.5 Å². The van der Waals surface area contributed by atoms with Gasteiger partial charge in [0.25, 0.3) is 0 Å². The lowest BCUT2D eigenvalue weighted by atomic mass is 10.0. The SMILES string of the molecule is CC(O)[C@@H]1NC(=O)[C@@H](NC(=O)[C@@H](N)CO)CCC(=O)NCCCC[C@@H](C(=O)N[C@@H](CO)CN[C@@H](Cc2ccccc2)C(N)=O)NC(=O)[C@H](CO)NC1=O. The molecule has 0 saturated carbocycles. The second-order valence-corrected chi connectivity index (χ2v) is 12.7. The Bertz CT molecular complexity index is 1390. The number of amides is 7. The normalized spacial score (nSPS) is 23.3. The van der Waals surface area contributed by atoms with E-state index in [0.29, 0.717) is 6.42 Å². The van der Waals surface area contributed by atoms with Crippen molar-refractivity contribution in [1.82, 2.24) is 37.2 Å². The van der Waals surface area contributed by atoms with Crippen LogP contribution in [0.25, 0.3) is 0 Å². The molecule has 53 heavy (non-hydrogen) atoms. The molecule has 15 N–H and O–H groups in total. The minimum atomic E-state index is -1.72. The molecule has 1 fully saturated rings. The van der Waals surface area contributed by atoms with Gasteiger partial charge in [-0.05, 0) is 44.6 Å². The fourth-order valence-electron chi connectivity index (χ4n) is 5.22. The molecule has 1 aromatic carbocycles. The highest BCUT2D eigenvalue weighted by Crippen LogP contribution is 2.07. The van der Waals surface area contributed by atoms with Gasteiger partial charge in [-0.3, -0.25) is 33.6 Å². The van der Waals surface area contributed by atoms with Crippen molar-refractivity contribution in [2.24, 2.45) is 11.5 Å². The Kier molecular flexibility index (Phi) is 19.3. The van der Waals surface area contributed by atoms with Gasteiger partial charge in [-0.2, -0.15) is 0 Å². The second-order valence-electron chi connectivity index (χ2n) is 12.7. The molecule has 1 heterocycles. The van der Waals surface area contributed by atoms with Crippen LogP contribution in [-0.4, -0.2) is 143 Å². The predicted molar refractivity (Wildman–Crippen MR) is 188 cm³/mol. The van der Waals surface area contributed by atoms with Crippen LogP contribution >= 0.6 is 0 Å². The Labute approximate surface area is 306 Å². The van der Waals surface area contributed by atoms with E-state index in [1.165, 1.54) is 0 Å². The number of aliphatic hydroxyl groups excluding tert-OH is 4. The van der Waals surface area contributed by atoms with Gasteiger partial charge in [0.15, 0.2) is 0 Å². The summed E-state index contributed by atoms with van der Waals surface area (Å²) in [7, 11) is 0. The lowest BCUT2D eigenvalue weighted by Crippen LogP contribution is -2.62. The molecular weight excluding hydrogens is 698 g/mol. The van der Waals surface area contributed by atoms with Gasteiger partial charge < -0.3 is 69.1 Å². The number of primary amides is 1. The number of aliphatic hydroxyl groups is 4. The van der Waals surface area contributed by atoms with Crippen LogP contribution in [0.15, 0.2) is 30.3 Å². The summed E-state index contributed by atoms with van der Waals surface area (Å²) in [6.45, 7) is -1.02. The summed E-state index contributed by atoms with van der Waals surface area (Å²) in [6, 6.07) is -0.138. The summed E-state index contributed by atoms with van der Waals surface area (Å²) in [6.07, 6.45) is -1.19. The molecule has 0 aromatic heterocycles. The number of nitrogens with two attached hydrogens (primary N) is 2. The molecule has 1 unspecified atom stereocenters. The third kappa shape index (κ3) is 15.4. The van der Waals surface area contributed by atoms with E-state index in [4.69, 9.17) is 11.5 Å². The van der Waals surface area contributed by atoms with E-state index in [1.54, 1.807) is 12.1 Å². The molecule has 1 aliphatic heterocycles. The van der Waals surface area contributed by atoms with Crippen molar-refractivity contribution in [3.05, 3.63) is 35.9 Å². The van der Waals surface area contributed by atoms with Crippen molar-refractivity contribution in [1.29, 1.82) is 0 Å². The van der Waals surface area contributed by atoms with Crippen molar-refractivity contribution in [2.75, 3.05) is 32.9 Å². The van der Waals surface area contributed by atoms with Crippen molar-refractivity contribution >= 4 is 41.4 Å². The Morgan fingerprint density at radius 3 is 2.23 bits per heavy atom. The van der Waals surface area contributed by atoms with E-state index in [9.17, 15) is 54.0 Å². The standard InChI is InChI=1S/C33H53N9O11/c1-18(46)27-33(53)41-25(17-45)32(52)40-22(30(50)38-20(15-43)14-37-24(28(35)48)13-19-7-3-2-4-8-19)9-5-6-12-36-26(47)11-10-23(31(51)42-27)39-29(49)21(34)16-44/h2-4,7-8,18,20-25,27,37,43-46H,5-6,9-17,34H2,1H3,(H2,35,48)(H,36,47)(H,38,50)(H,39,49)(H,40,52)(H,41,53)(H,42,51)/t18?,20-,21+,22+,23+,24+,25+,27+/m1/s1. The van der Waals surface area contributed by atoms with E-state index in [1.807, 2.05) is 18.2 Å². The predicted octanol–water partition coefficient (Wildman–Crippen LogP) is -6.14. The van der Waals surface area contributed by atoms with Crippen molar-refractivity contribution in [2.45, 2.75) is 93.8 Å². The highest BCUT2D eigenvalue weighted by molar-refractivity contribution is 5.96. The fraction of sp³-hybridized carbons (Fsp3) is 0.606. The first kappa shape index (κ1) is 44.4. The van der Waals surface area contributed by atoms with Crippen LogP contribution in [0.5, 0.6) is 0 Å². The van der Waals surface area contributed by atoms with Crippen LogP contribution in [0.2, 0.25) is 0 Å². The van der Waals surface area contributed by atoms with Crippen molar-refractivity contribution in [3.8, 4) is 0 Å². The zero-order chi connectivity index (χ0) is 39.5. The average molecular weight is 752 g/mol. The van der Waals surface area contributed by atoms with Gasteiger partial charge >= 0.3 is 0 Å². The van der Waals surface area contributed by atoms with Crippen LogP contribution in [0, 0.1) is 0 Å². The highest BCUT2D eigenvalue weighted by Gasteiger charge is 2.34. The fourth-order valence-corrected chi connectivity index (χ4v) is 5.22. The van der Waals surface area contributed by atoms with Crippen LogP contribution in [0.1, 0.15) is 44.6 Å². The summed E-state index contributed by atoms with van der Waals surface area (Å²) in [5, 5.41) is 57.1. The van der Waals surface area contributed by atoms with Gasteiger partial charge in [0, 0.05) is 19.5 Å². The molecule has 8 atom stereocenters. The lowest BCUT2D eigenvalue weighted by molar-refractivity contribution is -0.137. The second kappa shape index (κ2) is 23.0. The molecule has 0 radical (unpaired) electrons. The van der Waals surface area contributed by atoms with Crippen LogP contribution in [0.3, 0.4) is 0 Å². The Hall–Kier alpha value is -4.73. The molecule has 1 saturated heterocycles. The first-order valence-corrected chi connectivity index (χ1v) is 17.3. The zero-order valence-corrected chi connectivity index (χ0v) is 29.6. The monoisotopic (exact) mass is 751 g/mol. The smallest absolute Gasteiger partial charge is 0.245 e. The van der Waals surface area contributed by atoms with Gasteiger partial charge in [-0.15, -0.1) is 0 Å². The van der Waals surface area contributed by atoms with E-state index < -0.39 is 110 Å². The number of nitrogens with one attached hydrogen (secondary N) is 7. The molecule has 2 rings (SSSR count). The zero-order valence-electron chi connectivity index (χ0n) is 29.6. The minimum absolute atomic E-state index is 0.0224. The molecule has 1 aromatic rings. The summed E-state index contributed by atoms with van der Waals surface area (Å²) < 4.78 is 0. The third-order valence-corrected chi connectivity index (χ3v) is 8.38. The molecule has 1 aliphatic rings. The largest absolute Gasteiger partial charge is 0.394 e. The lowest BCUT2D eigenvalue weighted by Gasteiger charge is -2.28. The molecule has 0 bridgehead atoms. The molecular formula is C33H53N9O11. The average Bonchev–Trinajstić information content (AvgIpc) is 3.13.